The van der Waals surface area contributed by atoms with Gasteiger partial charge in [0.2, 0.25) is 0 Å². The molecule has 0 spiro atoms. The Labute approximate surface area is 168 Å². The van der Waals surface area contributed by atoms with Crippen LogP contribution in [0.15, 0.2) is 48.4 Å². The molecule has 0 amide bonds. The SMILES string of the molecule is C=Cc1cc(CN2NNc3ncc(-c4cnn(CCOC)c4)nc32)ccc1N=C. The van der Waals surface area contributed by atoms with Crippen LogP contribution in [0.25, 0.3) is 17.3 Å². The summed E-state index contributed by atoms with van der Waals surface area (Å²) in [6, 6.07) is 5.97. The highest BCUT2D eigenvalue weighted by Crippen LogP contribution is 2.29. The van der Waals surface area contributed by atoms with Gasteiger partial charge in [-0.2, -0.15) is 5.10 Å². The van der Waals surface area contributed by atoms with E-state index in [1.165, 1.54) is 0 Å². The first kappa shape index (κ1) is 18.8. The summed E-state index contributed by atoms with van der Waals surface area (Å²) in [6.45, 7) is 9.32. The summed E-state index contributed by atoms with van der Waals surface area (Å²) in [5.41, 5.74) is 10.6. The highest BCUT2D eigenvalue weighted by Gasteiger charge is 2.23. The van der Waals surface area contributed by atoms with Gasteiger partial charge in [0.05, 0.1) is 43.5 Å². The van der Waals surface area contributed by atoms with E-state index in [0.29, 0.717) is 25.5 Å². The van der Waals surface area contributed by atoms with Crippen LogP contribution in [0.4, 0.5) is 17.3 Å². The lowest BCUT2D eigenvalue weighted by atomic mass is 10.1. The van der Waals surface area contributed by atoms with E-state index in [1.54, 1.807) is 25.6 Å². The van der Waals surface area contributed by atoms with E-state index in [4.69, 9.17) is 9.72 Å². The molecule has 9 heteroatoms. The molecule has 0 aliphatic carbocycles. The van der Waals surface area contributed by atoms with Crippen LogP contribution in [0.5, 0.6) is 0 Å². The predicted molar refractivity (Wildman–Crippen MR) is 114 cm³/mol. The van der Waals surface area contributed by atoms with Gasteiger partial charge in [0.25, 0.3) is 0 Å². The first-order valence-electron chi connectivity index (χ1n) is 9.12. The number of aromatic nitrogens is 4. The fraction of sp³-hybridized carbons (Fsp3) is 0.200. The number of hydrogen-bond donors (Lipinski definition) is 2. The number of rotatable bonds is 8. The smallest absolute Gasteiger partial charge is 0.190 e. The van der Waals surface area contributed by atoms with E-state index in [9.17, 15) is 0 Å². The maximum Gasteiger partial charge on any atom is 0.190 e. The Balaban J connectivity index is 1.57. The minimum atomic E-state index is 0.587. The van der Waals surface area contributed by atoms with Crippen molar-refractivity contribution in [2.75, 3.05) is 24.2 Å². The van der Waals surface area contributed by atoms with Crippen LogP contribution >= 0.6 is 0 Å². The van der Waals surface area contributed by atoms with Gasteiger partial charge in [-0.05, 0) is 30.0 Å². The molecule has 0 fully saturated rings. The molecular formula is C20H22N8O. The lowest BCUT2D eigenvalue weighted by Gasteiger charge is -2.17. The topological polar surface area (TPSA) is 92.5 Å². The normalized spacial score (nSPS) is 12.5. The second kappa shape index (κ2) is 8.21. The van der Waals surface area contributed by atoms with Crippen LogP contribution < -0.4 is 16.0 Å². The minimum absolute atomic E-state index is 0.587. The third-order valence-electron chi connectivity index (χ3n) is 4.60. The molecule has 29 heavy (non-hydrogen) atoms. The number of fused-ring (bicyclic) bond motifs is 1. The fourth-order valence-corrected chi connectivity index (χ4v) is 3.08. The van der Waals surface area contributed by atoms with Gasteiger partial charge < -0.3 is 4.74 Å². The molecule has 0 atom stereocenters. The monoisotopic (exact) mass is 390 g/mol. The van der Waals surface area contributed by atoms with E-state index in [-0.39, 0.29) is 0 Å². The summed E-state index contributed by atoms with van der Waals surface area (Å²) in [4.78, 5) is 13.3. The lowest BCUT2D eigenvalue weighted by Crippen LogP contribution is -2.35. The molecule has 4 rings (SSSR count). The summed E-state index contributed by atoms with van der Waals surface area (Å²) in [5, 5.41) is 6.25. The molecule has 0 radical (unpaired) electrons. The van der Waals surface area contributed by atoms with Crippen LogP contribution in [0.2, 0.25) is 0 Å². The molecule has 9 nitrogen and oxygen atoms in total. The summed E-state index contributed by atoms with van der Waals surface area (Å²) >= 11 is 0. The molecule has 2 N–H and O–H groups in total. The molecule has 3 heterocycles. The molecule has 0 unspecified atom stereocenters. The third-order valence-corrected chi connectivity index (χ3v) is 4.60. The number of aliphatic imine (C=N–C) groups is 1. The number of benzene rings is 1. The fourth-order valence-electron chi connectivity index (χ4n) is 3.08. The van der Waals surface area contributed by atoms with Crippen molar-refractivity contribution < 1.29 is 4.74 Å². The van der Waals surface area contributed by atoms with Gasteiger partial charge in [0, 0.05) is 18.9 Å². The number of hydrazine groups is 2. The highest BCUT2D eigenvalue weighted by atomic mass is 16.5. The molecule has 0 saturated carbocycles. The first-order chi connectivity index (χ1) is 14.2. The maximum atomic E-state index is 5.10. The molecule has 1 aliphatic heterocycles. The van der Waals surface area contributed by atoms with Gasteiger partial charge >= 0.3 is 0 Å². The minimum Gasteiger partial charge on any atom is -0.383 e. The maximum absolute atomic E-state index is 5.10. The quantitative estimate of drug-likeness (QED) is 0.571. The number of hydrogen-bond acceptors (Lipinski definition) is 8. The van der Waals surface area contributed by atoms with Crippen molar-refractivity contribution in [1.29, 1.82) is 0 Å². The number of methoxy groups -OCH3 is 1. The van der Waals surface area contributed by atoms with Gasteiger partial charge in [-0.25, -0.2) is 9.97 Å². The molecule has 1 aliphatic rings. The summed E-state index contributed by atoms with van der Waals surface area (Å²) in [6.07, 6.45) is 7.22. The summed E-state index contributed by atoms with van der Waals surface area (Å²) in [5.74, 6) is 1.40. The van der Waals surface area contributed by atoms with Crippen molar-refractivity contribution in [3.63, 3.8) is 0 Å². The van der Waals surface area contributed by atoms with E-state index in [1.807, 2.05) is 34.1 Å². The third kappa shape index (κ3) is 3.86. The Morgan fingerprint density at radius 3 is 3.00 bits per heavy atom. The number of ether oxygens (including phenoxy) is 1. The Bertz CT molecular complexity index is 1040. The van der Waals surface area contributed by atoms with Crippen molar-refractivity contribution in [3.8, 4) is 11.3 Å². The van der Waals surface area contributed by atoms with E-state index >= 15 is 0 Å². The molecule has 148 valence electrons. The molecule has 3 aromatic rings. The van der Waals surface area contributed by atoms with Crippen molar-refractivity contribution in [3.05, 3.63) is 54.5 Å². The van der Waals surface area contributed by atoms with Gasteiger partial charge in [0.1, 0.15) is 0 Å². The molecule has 0 saturated heterocycles. The number of anilines is 2. The van der Waals surface area contributed by atoms with Crippen molar-refractivity contribution >= 4 is 30.1 Å². The van der Waals surface area contributed by atoms with Crippen molar-refractivity contribution in [1.82, 2.24) is 25.3 Å². The molecular weight excluding hydrogens is 368 g/mol. The van der Waals surface area contributed by atoms with Gasteiger partial charge in [-0.3, -0.25) is 20.1 Å². The highest BCUT2D eigenvalue weighted by molar-refractivity contribution is 5.70. The molecule has 0 bridgehead atoms. The molecule has 2 aromatic heterocycles. The van der Waals surface area contributed by atoms with E-state index in [0.717, 1.165) is 33.9 Å². The van der Waals surface area contributed by atoms with Gasteiger partial charge in [-0.15, -0.1) is 5.53 Å². The van der Waals surface area contributed by atoms with E-state index in [2.05, 4.69) is 39.3 Å². The Kier molecular flexibility index (Phi) is 5.32. The molecule has 1 aromatic carbocycles. The van der Waals surface area contributed by atoms with Crippen LogP contribution in [0.3, 0.4) is 0 Å². The zero-order chi connectivity index (χ0) is 20.2. The largest absolute Gasteiger partial charge is 0.383 e. The predicted octanol–water partition coefficient (Wildman–Crippen LogP) is 2.81. The van der Waals surface area contributed by atoms with Gasteiger partial charge in [-0.1, -0.05) is 18.7 Å². The van der Waals surface area contributed by atoms with Crippen LogP contribution in [-0.2, 0) is 17.8 Å². The second-order valence-electron chi connectivity index (χ2n) is 6.49. The van der Waals surface area contributed by atoms with Crippen molar-refractivity contribution in [2.24, 2.45) is 4.99 Å². The Hall–Kier alpha value is -3.56. The first-order valence-corrected chi connectivity index (χ1v) is 9.12. The Morgan fingerprint density at radius 2 is 2.21 bits per heavy atom. The standard InChI is InChI=1S/C20H22N8O/c1-4-15-9-14(5-6-17(15)21-2)12-28-20-19(25-26-28)22-11-18(24-20)16-10-23-27(13-16)7-8-29-3/h4-6,9-11,13,26H,1-2,7-8,12H2,3H3,(H,22,25). The van der Waals surface area contributed by atoms with Crippen LogP contribution in [0, 0.1) is 0 Å². The average molecular weight is 390 g/mol. The summed E-state index contributed by atoms with van der Waals surface area (Å²) < 4.78 is 6.92. The van der Waals surface area contributed by atoms with Crippen molar-refractivity contribution in [2.45, 2.75) is 13.1 Å². The van der Waals surface area contributed by atoms with Gasteiger partial charge in [0.15, 0.2) is 11.6 Å². The average Bonchev–Trinajstić information content (AvgIpc) is 3.39. The lowest BCUT2D eigenvalue weighted by molar-refractivity contribution is 0.183. The van der Waals surface area contributed by atoms with E-state index < -0.39 is 0 Å². The van der Waals surface area contributed by atoms with Crippen LogP contribution in [0.1, 0.15) is 11.1 Å². The van der Waals surface area contributed by atoms with Crippen LogP contribution in [-0.4, -0.2) is 40.2 Å². The number of nitrogens with one attached hydrogen (secondary N) is 2. The Morgan fingerprint density at radius 1 is 1.31 bits per heavy atom. The number of nitrogens with zero attached hydrogens (tertiary/aromatic N) is 6. The zero-order valence-electron chi connectivity index (χ0n) is 16.2. The summed E-state index contributed by atoms with van der Waals surface area (Å²) in [7, 11) is 1.67. The zero-order valence-corrected chi connectivity index (χ0v) is 16.2. The second-order valence-corrected chi connectivity index (χ2v) is 6.49.